The molecule has 1 fully saturated rings. The maximum Gasteiger partial charge on any atom is 0.245 e. The zero-order valence-corrected chi connectivity index (χ0v) is 18.3. The van der Waals surface area contributed by atoms with Crippen molar-refractivity contribution < 1.29 is 9.59 Å². The molecule has 0 aromatic heterocycles. The molecule has 0 aliphatic carbocycles. The smallest absolute Gasteiger partial charge is 0.245 e. The van der Waals surface area contributed by atoms with Gasteiger partial charge in [-0.2, -0.15) is 0 Å². The molecule has 2 heterocycles. The van der Waals surface area contributed by atoms with Crippen molar-refractivity contribution in [2.24, 2.45) is 17.1 Å². The fourth-order valence-electron chi connectivity index (χ4n) is 4.24. The minimum Gasteiger partial charge on any atom is -0.340 e. The predicted molar refractivity (Wildman–Crippen MR) is 114 cm³/mol. The van der Waals surface area contributed by atoms with Crippen LogP contribution >= 0.6 is 12.4 Å². The first-order chi connectivity index (χ1) is 12.7. The van der Waals surface area contributed by atoms with Crippen LogP contribution in [0.5, 0.6) is 0 Å². The summed E-state index contributed by atoms with van der Waals surface area (Å²) in [6.45, 7) is 10.2. The highest BCUT2D eigenvalue weighted by atomic mass is 35.5. The number of piperidine rings is 1. The SMILES string of the molecule is CC(C)CC(=O)N1Cc2ccccc2CC1C(=O)N1CCC(N)C(C)(C)C1.Cl. The van der Waals surface area contributed by atoms with Gasteiger partial charge in [-0.05, 0) is 28.9 Å². The number of hydrogen-bond donors (Lipinski definition) is 1. The van der Waals surface area contributed by atoms with Gasteiger partial charge in [0.25, 0.3) is 0 Å². The van der Waals surface area contributed by atoms with E-state index in [-0.39, 0.29) is 41.6 Å². The third kappa shape index (κ3) is 4.69. The van der Waals surface area contributed by atoms with Crippen molar-refractivity contribution in [3.05, 3.63) is 35.4 Å². The Morgan fingerprint density at radius 3 is 2.46 bits per heavy atom. The lowest BCUT2D eigenvalue weighted by atomic mass is 9.79. The number of fused-ring (bicyclic) bond motifs is 1. The largest absolute Gasteiger partial charge is 0.340 e. The summed E-state index contributed by atoms with van der Waals surface area (Å²) in [5.41, 5.74) is 8.47. The van der Waals surface area contributed by atoms with Crippen LogP contribution < -0.4 is 5.73 Å². The molecule has 0 bridgehead atoms. The predicted octanol–water partition coefficient (Wildman–Crippen LogP) is 2.99. The molecule has 1 aromatic carbocycles. The number of rotatable bonds is 3. The highest BCUT2D eigenvalue weighted by Crippen LogP contribution is 2.31. The van der Waals surface area contributed by atoms with Crippen molar-refractivity contribution in [1.29, 1.82) is 0 Å². The van der Waals surface area contributed by atoms with Gasteiger partial charge in [0.1, 0.15) is 6.04 Å². The van der Waals surface area contributed by atoms with E-state index in [2.05, 4.69) is 26.0 Å². The first-order valence-electron chi connectivity index (χ1n) is 10.1. The van der Waals surface area contributed by atoms with E-state index in [0.717, 1.165) is 12.0 Å². The van der Waals surface area contributed by atoms with Crippen molar-refractivity contribution in [2.75, 3.05) is 13.1 Å². The molecule has 2 aliphatic heterocycles. The molecule has 5 nitrogen and oxygen atoms in total. The Labute approximate surface area is 175 Å². The van der Waals surface area contributed by atoms with Gasteiger partial charge in [-0.3, -0.25) is 9.59 Å². The minimum atomic E-state index is -0.406. The fourth-order valence-corrected chi connectivity index (χ4v) is 4.24. The number of nitrogens with zero attached hydrogens (tertiary/aromatic N) is 2. The van der Waals surface area contributed by atoms with E-state index in [1.54, 1.807) is 0 Å². The number of nitrogens with two attached hydrogens (primary N) is 1. The molecule has 0 spiro atoms. The Morgan fingerprint density at radius 1 is 1.21 bits per heavy atom. The van der Waals surface area contributed by atoms with Crippen LogP contribution in [-0.2, 0) is 22.6 Å². The molecule has 1 aromatic rings. The van der Waals surface area contributed by atoms with Crippen LogP contribution in [0.25, 0.3) is 0 Å². The van der Waals surface area contributed by atoms with Crippen LogP contribution in [0.1, 0.15) is 51.7 Å². The number of hydrogen-bond acceptors (Lipinski definition) is 3. The zero-order valence-electron chi connectivity index (χ0n) is 17.5. The number of halogens is 1. The van der Waals surface area contributed by atoms with E-state index >= 15 is 0 Å². The summed E-state index contributed by atoms with van der Waals surface area (Å²) in [7, 11) is 0. The molecule has 2 unspecified atom stereocenters. The average Bonchev–Trinajstić information content (AvgIpc) is 2.61. The molecule has 156 valence electrons. The summed E-state index contributed by atoms with van der Waals surface area (Å²) in [5, 5.41) is 0. The fraction of sp³-hybridized carbons (Fsp3) is 0.636. The minimum absolute atomic E-state index is 0. The van der Waals surface area contributed by atoms with Crippen LogP contribution in [-0.4, -0.2) is 46.8 Å². The molecule has 6 heteroatoms. The third-order valence-corrected chi connectivity index (χ3v) is 6.06. The second kappa shape index (κ2) is 8.83. The molecule has 28 heavy (non-hydrogen) atoms. The van der Waals surface area contributed by atoms with E-state index in [0.29, 0.717) is 32.5 Å². The van der Waals surface area contributed by atoms with E-state index in [9.17, 15) is 9.59 Å². The normalized spacial score (nSPS) is 23.8. The topological polar surface area (TPSA) is 66.6 Å². The molecule has 2 N–H and O–H groups in total. The van der Waals surface area contributed by atoms with Crippen molar-refractivity contribution in [1.82, 2.24) is 9.80 Å². The van der Waals surface area contributed by atoms with Gasteiger partial charge in [0, 0.05) is 38.5 Å². The van der Waals surface area contributed by atoms with Crippen molar-refractivity contribution in [3.8, 4) is 0 Å². The van der Waals surface area contributed by atoms with Crippen LogP contribution in [0.15, 0.2) is 24.3 Å². The highest BCUT2D eigenvalue weighted by molar-refractivity contribution is 5.88. The number of likely N-dealkylation sites (tertiary alicyclic amines) is 1. The first kappa shape index (κ1) is 22.7. The lowest BCUT2D eigenvalue weighted by Gasteiger charge is -2.45. The summed E-state index contributed by atoms with van der Waals surface area (Å²) in [6, 6.07) is 7.85. The molecule has 2 atom stereocenters. The molecule has 2 aliphatic rings. The van der Waals surface area contributed by atoms with E-state index in [1.165, 1.54) is 5.56 Å². The molecule has 2 amide bonds. The second-order valence-electron chi connectivity index (χ2n) is 9.25. The van der Waals surface area contributed by atoms with Gasteiger partial charge in [-0.25, -0.2) is 0 Å². The highest BCUT2D eigenvalue weighted by Gasteiger charge is 2.41. The van der Waals surface area contributed by atoms with E-state index < -0.39 is 6.04 Å². The number of benzene rings is 1. The second-order valence-corrected chi connectivity index (χ2v) is 9.25. The Hall–Kier alpha value is -1.59. The van der Waals surface area contributed by atoms with E-state index in [4.69, 9.17) is 5.73 Å². The van der Waals surface area contributed by atoms with Crippen LogP contribution in [0.3, 0.4) is 0 Å². The average molecular weight is 408 g/mol. The van der Waals surface area contributed by atoms with Crippen molar-refractivity contribution in [2.45, 2.75) is 65.6 Å². The van der Waals surface area contributed by atoms with Gasteiger partial charge in [-0.1, -0.05) is 52.0 Å². The number of amides is 2. The van der Waals surface area contributed by atoms with E-state index in [1.807, 2.05) is 35.8 Å². The molecule has 3 rings (SSSR count). The number of carbonyl (C=O) groups excluding carboxylic acids is 2. The summed E-state index contributed by atoms with van der Waals surface area (Å²) in [6.07, 6.45) is 1.88. The molecule has 0 radical (unpaired) electrons. The Morgan fingerprint density at radius 2 is 1.86 bits per heavy atom. The van der Waals surface area contributed by atoms with Crippen LogP contribution in [0, 0.1) is 11.3 Å². The summed E-state index contributed by atoms with van der Waals surface area (Å²) < 4.78 is 0. The standard InChI is InChI=1S/C22H33N3O2.ClH/c1-15(2)11-20(26)25-13-17-8-6-5-7-16(17)12-18(25)21(27)24-10-9-19(23)22(3,4)14-24;/h5-8,15,18-19H,9-14,23H2,1-4H3;1H. The van der Waals surface area contributed by atoms with Gasteiger partial charge in [0.05, 0.1) is 0 Å². The monoisotopic (exact) mass is 407 g/mol. The lowest BCUT2D eigenvalue weighted by molar-refractivity contribution is -0.149. The third-order valence-electron chi connectivity index (χ3n) is 6.06. The Kier molecular flexibility index (Phi) is 7.16. The summed E-state index contributed by atoms with van der Waals surface area (Å²) >= 11 is 0. The van der Waals surface area contributed by atoms with Gasteiger partial charge >= 0.3 is 0 Å². The zero-order chi connectivity index (χ0) is 19.8. The van der Waals surface area contributed by atoms with Gasteiger partial charge in [-0.15, -0.1) is 12.4 Å². The van der Waals surface area contributed by atoms with Gasteiger partial charge < -0.3 is 15.5 Å². The van der Waals surface area contributed by atoms with Crippen molar-refractivity contribution in [3.63, 3.8) is 0 Å². The molecular formula is C22H34ClN3O2. The Balaban J connectivity index is 0.00000280. The number of carbonyl (C=O) groups is 2. The summed E-state index contributed by atoms with van der Waals surface area (Å²) in [5.74, 6) is 0.421. The summed E-state index contributed by atoms with van der Waals surface area (Å²) in [4.78, 5) is 30.1. The Bertz CT molecular complexity index is 719. The maximum atomic E-state index is 13.4. The maximum absolute atomic E-state index is 13.4. The molecular weight excluding hydrogens is 374 g/mol. The van der Waals surface area contributed by atoms with Gasteiger partial charge in [0.15, 0.2) is 0 Å². The molecule has 0 saturated carbocycles. The lowest BCUT2D eigenvalue weighted by Crippen LogP contribution is -2.59. The molecule has 1 saturated heterocycles. The quantitative estimate of drug-likeness (QED) is 0.837. The van der Waals surface area contributed by atoms with Crippen molar-refractivity contribution >= 4 is 24.2 Å². The first-order valence-corrected chi connectivity index (χ1v) is 10.1. The van der Waals surface area contributed by atoms with Crippen LogP contribution in [0.2, 0.25) is 0 Å². The van der Waals surface area contributed by atoms with Gasteiger partial charge in [0.2, 0.25) is 11.8 Å². The van der Waals surface area contributed by atoms with Crippen LogP contribution in [0.4, 0.5) is 0 Å².